The Hall–Kier alpha value is -1.04. The highest BCUT2D eigenvalue weighted by atomic mass is 19.1. The molecule has 1 rings (SSSR count). The van der Waals surface area contributed by atoms with Gasteiger partial charge in [-0.15, -0.1) is 0 Å². The molecule has 0 saturated carbocycles. The van der Waals surface area contributed by atoms with Gasteiger partial charge in [0, 0.05) is 6.54 Å². The molecule has 4 N–H and O–H groups in total. The zero-order valence-corrected chi connectivity index (χ0v) is 7.81. The molecule has 2 unspecified atom stereocenters. The predicted molar refractivity (Wildman–Crippen MR) is 49.0 cm³/mol. The molecule has 1 heterocycles. The van der Waals surface area contributed by atoms with Crippen LogP contribution < -0.4 is 5.73 Å². The Morgan fingerprint density at radius 3 is 2.64 bits per heavy atom. The van der Waals surface area contributed by atoms with Crippen LogP contribution >= 0.6 is 0 Å². The third-order valence-corrected chi connectivity index (χ3v) is 1.95. The molecule has 0 spiro atoms. The Morgan fingerprint density at radius 2 is 2.14 bits per heavy atom. The van der Waals surface area contributed by atoms with Crippen LogP contribution in [0.1, 0.15) is 17.5 Å². The first-order chi connectivity index (χ1) is 6.56. The first kappa shape index (κ1) is 11.0. The van der Waals surface area contributed by atoms with Crippen molar-refractivity contribution in [1.29, 1.82) is 0 Å². The van der Waals surface area contributed by atoms with Crippen LogP contribution in [0.25, 0.3) is 0 Å². The Balaban J connectivity index is 2.91. The molecule has 0 amide bonds. The van der Waals surface area contributed by atoms with E-state index in [0.717, 1.165) is 0 Å². The highest BCUT2D eigenvalue weighted by Gasteiger charge is 2.18. The van der Waals surface area contributed by atoms with Crippen molar-refractivity contribution in [2.24, 2.45) is 5.73 Å². The van der Waals surface area contributed by atoms with Crippen molar-refractivity contribution in [2.75, 3.05) is 6.54 Å². The van der Waals surface area contributed by atoms with E-state index < -0.39 is 18.0 Å². The van der Waals surface area contributed by atoms with Gasteiger partial charge in [-0.1, -0.05) is 0 Å². The summed E-state index contributed by atoms with van der Waals surface area (Å²) >= 11 is 0. The number of nitrogens with zero attached hydrogens (tertiary/aromatic N) is 1. The van der Waals surface area contributed by atoms with Gasteiger partial charge in [0.15, 0.2) is 0 Å². The second-order valence-corrected chi connectivity index (χ2v) is 3.05. The van der Waals surface area contributed by atoms with Gasteiger partial charge in [0.1, 0.15) is 11.9 Å². The molecule has 4 nitrogen and oxygen atoms in total. The largest absolute Gasteiger partial charge is 0.389 e. The summed E-state index contributed by atoms with van der Waals surface area (Å²) in [5.74, 6) is -0.441. The van der Waals surface area contributed by atoms with Gasteiger partial charge in [0.2, 0.25) is 0 Å². The Labute approximate surface area is 81.2 Å². The maximum Gasteiger partial charge on any atom is 0.144 e. The van der Waals surface area contributed by atoms with E-state index in [1.807, 2.05) is 0 Å². The molecule has 1 aromatic heterocycles. The molecule has 0 aliphatic rings. The second-order valence-electron chi connectivity index (χ2n) is 3.05. The molecule has 5 heteroatoms. The standard InChI is InChI=1S/C9H13FN2O2/c1-5-6(10)2-3-7(12-5)9(14)8(13)4-11/h2-3,8-9,13-14H,4,11H2,1H3. The van der Waals surface area contributed by atoms with Crippen molar-refractivity contribution in [2.45, 2.75) is 19.1 Å². The molecule has 0 aliphatic carbocycles. The Morgan fingerprint density at radius 1 is 1.50 bits per heavy atom. The number of aromatic nitrogens is 1. The van der Waals surface area contributed by atoms with Crippen molar-refractivity contribution in [3.8, 4) is 0 Å². The zero-order chi connectivity index (χ0) is 10.7. The van der Waals surface area contributed by atoms with Gasteiger partial charge in [0.05, 0.1) is 17.5 Å². The smallest absolute Gasteiger partial charge is 0.144 e. The molecule has 0 radical (unpaired) electrons. The van der Waals surface area contributed by atoms with Gasteiger partial charge in [-0.3, -0.25) is 4.98 Å². The van der Waals surface area contributed by atoms with E-state index in [0.29, 0.717) is 0 Å². The SMILES string of the molecule is Cc1nc(C(O)C(O)CN)ccc1F. The van der Waals surface area contributed by atoms with Crippen LogP contribution in [0.3, 0.4) is 0 Å². The fraction of sp³-hybridized carbons (Fsp3) is 0.444. The van der Waals surface area contributed by atoms with E-state index in [2.05, 4.69) is 4.98 Å². The quantitative estimate of drug-likeness (QED) is 0.635. The Kier molecular flexibility index (Phi) is 3.51. The number of hydrogen-bond acceptors (Lipinski definition) is 4. The van der Waals surface area contributed by atoms with Crippen LogP contribution in [0.15, 0.2) is 12.1 Å². The number of halogens is 1. The number of hydrogen-bond donors (Lipinski definition) is 3. The van der Waals surface area contributed by atoms with E-state index in [1.54, 1.807) is 0 Å². The molecule has 78 valence electrons. The summed E-state index contributed by atoms with van der Waals surface area (Å²) < 4.78 is 12.8. The third kappa shape index (κ3) is 2.25. The maximum absolute atomic E-state index is 12.8. The van der Waals surface area contributed by atoms with Gasteiger partial charge in [0.25, 0.3) is 0 Å². The lowest BCUT2D eigenvalue weighted by Crippen LogP contribution is -2.27. The molecule has 2 atom stereocenters. The summed E-state index contributed by atoms with van der Waals surface area (Å²) in [7, 11) is 0. The second kappa shape index (κ2) is 4.45. The van der Waals surface area contributed by atoms with E-state index >= 15 is 0 Å². The van der Waals surface area contributed by atoms with Crippen molar-refractivity contribution in [3.05, 3.63) is 29.3 Å². The third-order valence-electron chi connectivity index (χ3n) is 1.95. The van der Waals surface area contributed by atoms with Gasteiger partial charge in [-0.25, -0.2) is 4.39 Å². The highest BCUT2D eigenvalue weighted by molar-refractivity contribution is 5.14. The summed E-state index contributed by atoms with van der Waals surface area (Å²) in [6, 6.07) is 2.52. The number of aryl methyl sites for hydroxylation is 1. The molecule has 0 saturated heterocycles. The average Bonchev–Trinajstić information content (AvgIpc) is 2.20. The highest BCUT2D eigenvalue weighted by Crippen LogP contribution is 2.15. The minimum atomic E-state index is -1.17. The summed E-state index contributed by atoms with van der Waals surface area (Å²) in [5.41, 5.74) is 5.58. The summed E-state index contributed by atoms with van der Waals surface area (Å²) in [5, 5.41) is 18.7. The van der Waals surface area contributed by atoms with Crippen molar-refractivity contribution >= 4 is 0 Å². The van der Waals surface area contributed by atoms with E-state index in [9.17, 15) is 14.6 Å². The maximum atomic E-state index is 12.8. The van der Waals surface area contributed by atoms with Gasteiger partial charge in [-0.2, -0.15) is 0 Å². The van der Waals surface area contributed by atoms with Crippen LogP contribution in [0.5, 0.6) is 0 Å². The minimum absolute atomic E-state index is 0.0702. The molecule has 1 aromatic rings. The fourth-order valence-corrected chi connectivity index (χ4v) is 1.05. The molecule has 0 aromatic carbocycles. The van der Waals surface area contributed by atoms with E-state index in [1.165, 1.54) is 19.1 Å². The van der Waals surface area contributed by atoms with Crippen LogP contribution in [0.4, 0.5) is 4.39 Å². The lowest BCUT2D eigenvalue weighted by Gasteiger charge is -2.15. The lowest BCUT2D eigenvalue weighted by molar-refractivity contribution is 0.0215. The van der Waals surface area contributed by atoms with Crippen molar-refractivity contribution < 1.29 is 14.6 Å². The Bertz CT molecular complexity index is 320. The first-order valence-electron chi connectivity index (χ1n) is 4.25. The topological polar surface area (TPSA) is 79.4 Å². The summed E-state index contributed by atoms with van der Waals surface area (Å²) in [6.45, 7) is 1.42. The number of aliphatic hydroxyl groups excluding tert-OH is 2. The van der Waals surface area contributed by atoms with E-state index in [-0.39, 0.29) is 17.9 Å². The zero-order valence-electron chi connectivity index (χ0n) is 7.81. The van der Waals surface area contributed by atoms with Gasteiger partial charge < -0.3 is 15.9 Å². The number of rotatable bonds is 3. The lowest BCUT2D eigenvalue weighted by atomic mass is 10.1. The first-order valence-corrected chi connectivity index (χ1v) is 4.25. The molecular formula is C9H13FN2O2. The molecule has 0 fully saturated rings. The number of pyridine rings is 1. The van der Waals surface area contributed by atoms with Crippen LogP contribution in [0, 0.1) is 12.7 Å². The normalized spacial score (nSPS) is 15.2. The summed E-state index contributed by atoms with van der Waals surface area (Å²) in [4.78, 5) is 3.80. The average molecular weight is 200 g/mol. The fourth-order valence-electron chi connectivity index (χ4n) is 1.05. The van der Waals surface area contributed by atoms with E-state index in [4.69, 9.17) is 5.73 Å². The number of aliphatic hydroxyl groups is 2. The van der Waals surface area contributed by atoms with Gasteiger partial charge >= 0.3 is 0 Å². The summed E-state index contributed by atoms with van der Waals surface area (Å²) in [6.07, 6.45) is -2.24. The van der Waals surface area contributed by atoms with Crippen molar-refractivity contribution in [1.82, 2.24) is 4.98 Å². The minimum Gasteiger partial charge on any atom is -0.389 e. The number of nitrogens with two attached hydrogens (primary N) is 1. The monoisotopic (exact) mass is 200 g/mol. The predicted octanol–water partition coefficient (Wildman–Crippen LogP) is -0.118. The molecular weight excluding hydrogens is 187 g/mol. The van der Waals surface area contributed by atoms with Crippen molar-refractivity contribution in [3.63, 3.8) is 0 Å². The molecule has 14 heavy (non-hydrogen) atoms. The van der Waals surface area contributed by atoms with Crippen LogP contribution in [0.2, 0.25) is 0 Å². The van der Waals surface area contributed by atoms with Gasteiger partial charge in [-0.05, 0) is 19.1 Å². The molecule has 0 bridgehead atoms. The molecule has 0 aliphatic heterocycles. The van der Waals surface area contributed by atoms with Crippen LogP contribution in [-0.2, 0) is 0 Å². The van der Waals surface area contributed by atoms with Crippen LogP contribution in [-0.4, -0.2) is 27.8 Å².